The van der Waals surface area contributed by atoms with Crippen molar-refractivity contribution in [1.29, 1.82) is 0 Å². The maximum atomic E-state index is 12.6. The van der Waals surface area contributed by atoms with E-state index >= 15 is 0 Å². The molecule has 2 atom stereocenters. The van der Waals surface area contributed by atoms with Crippen molar-refractivity contribution in [2.75, 3.05) is 13.2 Å². The minimum absolute atomic E-state index is 0.0183. The SMILES string of the molecule is CCCCCCCC/C=C\CCCCCCCCCC(=O)OCCCCCCCCCCCCCCCCCCCCCCCCCCCCCCCCC(=O)NC(CO)C(O)CCCCCCCCCCCCCCCCCCCCCCCCCC. The van der Waals surface area contributed by atoms with E-state index in [1.807, 2.05) is 0 Å². The molecule has 0 aromatic rings. The lowest BCUT2D eigenvalue weighted by Crippen LogP contribution is -2.45. The largest absolute Gasteiger partial charge is 0.466 e. The van der Waals surface area contributed by atoms with Crippen LogP contribution in [-0.4, -0.2) is 47.4 Å². The van der Waals surface area contributed by atoms with Crippen LogP contribution >= 0.6 is 0 Å². The molecule has 0 heterocycles. The fourth-order valence-electron chi connectivity index (χ4n) is 13.3. The van der Waals surface area contributed by atoms with Crippen LogP contribution in [0.3, 0.4) is 0 Å². The summed E-state index contributed by atoms with van der Waals surface area (Å²) in [6, 6.07) is -0.539. The van der Waals surface area contributed by atoms with Crippen molar-refractivity contribution in [3.63, 3.8) is 0 Å². The molecule has 1 amide bonds. The quantitative estimate of drug-likeness (QED) is 0.0320. The average molecular weight is 1240 g/mol. The summed E-state index contributed by atoms with van der Waals surface area (Å²) in [5.74, 6) is -0.00646. The van der Waals surface area contributed by atoms with Gasteiger partial charge in [-0.1, -0.05) is 424 Å². The molecule has 0 aromatic carbocycles. The third-order valence-corrected chi connectivity index (χ3v) is 19.6. The molecule has 0 aliphatic rings. The van der Waals surface area contributed by atoms with Gasteiger partial charge in [-0.2, -0.15) is 0 Å². The smallest absolute Gasteiger partial charge is 0.305 e. The molecular weight excluding hydrogens is 1080 g/mol. The van der Waals surface area contributed by atoms with Crippen LogP contribution in [0.5, 0.6) is 0 Å². The number of carbonyl (C=O) groups is 2. The van der Waals surface area contributed by atoms with Crippen molar-refractivity contribution < 1.29 is 24.5 Å². The first-order valence-electron chi connectivity index (χ1n) is 40.9. The Bertz CT molecular complexity index is 1340. The Kier molecular flexibility index (Phi) is 76.8. The maximum absolute atomic E-state index is 12.6. The number of esters is 1. The summed E-state index contributed by atoms with van der Waals surface area (Å²) in [5, 5.41) is 23.5. The highest BCUT2D eigenvalue weighted by molar-refractivity contribution is 5.76. The molecule has 0 saturated carbocycles. The highest BCUT2D eigenvalue weighted by atomic mass is 16.5. The number of allylic oxidation sites excluding steroid dienone is 2. The Morgan fingerprint density at radius 2 is 0.534 bits per heavy atom. The van der Waals surface area contributed by atoms with Crippen molar-refractivity contribution in [2.24, 2.45) is 0 Å². The predicted molar refractivity (Wildman–Crippen MR) is 389 cm³/mol. The van der Waals surface area contributed by atoms with Crippen LogP contribution in [-0.2, 0) is 14.3 Å². The Morgan fingerprint density at radius 1 is 0.307 bits per heavy atom. The van der Waals surface area contributed by atoms with Gasteiger partial charge in [0.2, 0.25) is 5.91 Å². The van der Waals surface area contributed by atoms with Crippen molar-refractivity contribution in [2.45, 2.75) is 488 Å². The zero-order chi connectivity index (χ0) is 63.5. The van der Waals surface area contributed by atoms with Crippen molar-refractivity contribution in [1.82, 2.24) is 5.32 Å². The number of nitrogens with one attached hydrogen (secondary N) is 1. The Morgan fingerprint density at radius 3 is 0.807 bits per heavy atom. The standard InChI is InChI=1S/C82H161NO5/c1-3-5-7-9-11-13-15-17-19-21-22-23-24-33-36-39-43-46-50-54-58-62-66-70-74-80(85)79(78-84)83-81(86)75-71-67-63-59-55-51-47-44-40-37-34-31-29-27-25-26-28-30-32-35-38-41-45-49-53-57-61-65-69-73-77-88-82(87)76-72-68-64-60-56-52-48-42-20-18-16-14-12-10-8-6-4-2/h18,20,79-80,84-85H,3-17,19,21-78H2,1-2H3,(H,83,86)/b20-18-. The summed E-state index contributed by atoms with van der Waals surface area (Å²) in [7, 11) is 0. The molecule has 88 heavy (non-hydrogen) atoms. The van der Waals surface area contributed by atoms with Gasteiger partial charge in [0.1, 0.15) is 0 Å². The van der Waals surface area contributed by atoms with E-state index in [2.05, 4.69) is 31.3 Å². The molecular formula is C82H161NO5. The minimum Gasteiger partial charge on any atom is -0.466 e. The first kappa shape index (κ1) is 86.6. The summed E-state index contributed by atoms with van der Waals surface area (Å²) in [5.41, 5.74) is 0. The minimum atomic E-state index is -0.663. The number of amides is 1. The third-order valence-electron chi connectivity index (χ3n) is 19.6. The van der Waals surface area contributed by atoms with Gasteiger partial charge in [0.05, 0.1) is 25.4 Å². The van der Waals surface area contributed by atoms with Crippen LogP contribution in [0.25, 0.3) is 0 Å². The van der Waals surface area contributed by atoms with Gasteiger partial charge in [-0.15, -0.1) is 0 Å². The second kappa shape index (κ2) is 78.0. The molecule has 0 bridgehead atoms. The second-order valence-corrected chi connectivity index (χ2v) is 28.5. The summed E-state index contributed by atoms with van der Waals surface area (Å²) < 4.78 is 5.51. The first-order chi connectivity index (χ1) is 43.5. The fraction of sp³-hybridized carbons (Fsp3) is 0.951. The van der Waals surface area contributed by atoms with Gasteiger partial charge in [-0.3, -0.25) is 9.59 Å². The number of unbranched alkanes of at least 4 members (excludes halogenated alkanes) is 65. The highest BCUT2D eigenvalue weighted by Gasteiger charge is 2.20. The van der Waals surface area contributed by atoms with E-state index in [9.17, 15) is 19.8 Å². The van der Waals surface area contributed by atoms with Crippen LogP contribution in [0.1, 0.15) is 476 Å². The molecule has 0 fully saturated rings. The summed E-state index contributed by atoms with van der Waals surface area (Å²) >= 11 is 0. The monoisotopic (exact) mass is 1240 g/mol. The Balaban J connectivity index is 3.33. The number of carbonyl (C=O) groups excluding carboxylic acids is 2. The van der Waals surface area contributed by atoms with Gasteiger partial charge in [-0.05, 0) is 51.4 Å². The molecule has 6 nitrogen and oxygen atoms in total. The summed E-state index contributed by atoms with van der Waals surface area (Å²) in [4.78, 5) is 24.7. The van der Waals surface area contributed by atoms with E-state index < -0.39 is 12.1 Å². The first-order valence-corrected chi connectivity index (χ1v) is 40.9. The molecule has 0 aliphatic heterocycles. The number of hydrogen-bond donors (Lipinski definition) is 3. The van der Waals surface area contributed by atoms with Crippen molar-refractivity contribution in [3.8, 4) is 0 Å². The van der Waals surface area contributed by atoms with Gasteiger partial charge in [0.25, 0.3) is 0 Å². The number of ether oxygens (including phenoxy) is 1. The fourth-order valence-corrected chi connectivity index (χ4v) is 13.3. The molecule has 0 aromatic heterocycles. The molecule has 0 spiro atoms. The lowest BCUT2D eigenvalue weighted by Gasteiger charge is -2.22. The maximum Gasteiger partial charge on any atom is 0.305 e. The third kappa shape index (κ3) is 73.6. The van der Waals surface area contributed by atoms with Crippen LogP contribution < -0.4 is 5.32 Å². The van der Waals surface area contributed by atoms with Crippen LogP contribution in [0.4, 0.5) is 0 Å². The van der Waals surface area contributed by atoms with Gasteiger partial charge in [0, 0.05) is 12.8 Å². The van der Waals surface area contributed by atoms with Crippen molar-refractivity contribution in [3.05, 3.63) is 12.2 Å². The Labute approximate surface area is 552 Å². The molecule has 0 aliphatic carbocycles. The van der Waals surface area contributed by atoms with E-state index in [4.69, 9.17) is 4.74 Å². The lowest BCUT2D eigenvalue weighted by atomic mass is 10.0. The molecule has 2 unspecified atom stereocenters. The highest BCUT2D eigenvalue weighted by Crippen LogP contribution is 2.21. The van der Waals surface area contributed by atoms with Gasteiger partial charge in [-0.25, -0.2) is 0 Å². The van der Waals surface area contributed by atoms with E-state index in [-0.39, 0.29) is 18.5 Å². The lowest BCUT2D eigenvalue weighted by molar-refractivity contribution is -0.143. The number of aliphatic hydroxyl groups excluding tert-OH is 2. The normalized spacial score (nSPS) is 12.5. The molecule has 6 heteroatoms. The van der Waals surface area contributed by atoms with Crippen molar-refractivity contribution >= 4 is 11.9 Å². The zero-order valence-corrected chi connectivity index (χ0v) is 60.3. The summed E-state index contributed by atoms with van der Waals surface area (Å²) in [6.45, 7) is 5.01. The second-order valence-electron chi connectivity index (χ2n) is 28.5. The Hall–Kier alpha value is -1.40. The van der Waals surface area contributed by atoms with Gasteiger partial charge >= 0.3 is 5.97 Å². The van der Waals surface area contributed by atoms with Gasteiger partial charge < -0.3 is 20.3 Å². The van der Waals surface area contributed by atoms with Gasteiger partial charge in [0.15, 0.2) is 0 Å². The van der Waals surface area contributed by atoms with E-state index in [1.165, 1.54) is 398 Å². The predicted octanol–water partition coefficient (Wildman–Crippen LogP) is 27.1. The molecule has 0 saturated heterocycles. The number of rotatable bonds is 78. The molecule has 0 rings (SSSR count). The van der Waals surface area contributed by atoms with E-state index in [1.54, 1.807) is 0 Å². The average Bonchev–Trinajstić information content (AvgIpc) is 3.58. The van der Waals surface area contributed by atoms with Crippen LogP contribution in [0.2, 0.25) is 0 Å². The van der Waals surface area contributed by atoms with Crippen LogP contribution in [0, 0.1) is 0 Å². The molecule has 3 N–H and O–H groups in total. The van der Waals surface area contributed by atoms with E-state index in [0.29, 0.717) is 25.9 Å². The molecule has 0 radical (unpaired) electrons. The van der Waals surface area contributed by atoms with Crippen LogP contribution in [0.15, 0.2) is 12.2 Å². The zero-order valence-electron chi connectivity index (χ0n) is 60.3. The molecule has 524 valence electrons. The summed E-state index contributed by atoms with van der Waals surface area (Å²) in [6.07, 6.45) is 98.8. The van der Waals surface area contributed by atoms with E-state index in [0.717, 1.165) is 44.9 Å². The topological polar surface area (TPSA) is 95.9 Å². The number of hydrogen-bond acceptors (Lipinski definition) is 5. The number of aliphatic hydroxyl groups is 2.